The van der Waals surface area contributed by atoms with Crippen molar-refractivity contribution in [3.8, 4) is 5.75 Å². The van der Waals surface area contributed by atoms with Gasteiger partial charge < -0.3 is 15.0 Å². The lowest BCUT2D eigenvalue weighted by Gasteiger charge is -2.24. The Morgan fingerprint density at radius 2 is 1.82 bits per heavy atom. The summed E-state index contributed by atoms with van der Waals surface area (Å²) in [4.78, 5) is 39.8. The summed E-state index contributed by atoms with van der Waals surface area (Å²) in [5.41, 5.74) is -1.06. The molecule has 28 heavy (non-hydrogen) atoms. The Morgan fingerprint density at radius 1 is 1.25 bits per heavy atom. The van der Waals surface area contributed by atoms with Crippen molar-refractivity contribution in [3.05, 3.63) is 55.1 Å². The van der Waals surface area contributed by atoms with Gasteiger partial charge in [0.2, 0.25) is 5.91 Å². The van der Waals surface area contributed by atoms with Gasteiger partial charge in [0.25, 0.3) is 5.91 Å². The number of nitrogens with zero attached hydrogens (tertiary/aromatic N) is 2. The molecule has 9 heteroatoms. The van der Waals surface area contributed by atoms with Crippen LogP contribution in [0.4, 0.5) is 13.6 Å². The van der Waals surface area contributed by atoms with Crippen LogP contribution in [0, 0.1) is 0 Å². The molecule has 0 radical (unpaired) electrons. The third kappa shape index (κ3) is 4.36. The first-order chi connectivity index (χ1) is 13.2. The van der Waals surface area contributed by atoms with Crippen LogP contribution >= 0.6 is 0 Å². The number of nitrogens with one attached hydrogen (secondary N) is 1. The van der Waals surface area contributed by atoms with Crippen molar-refractivity contribution in [2.75, 3.05) is 19.6 Å². The highest BCUT2D eigenvalue weighted by atomic mass is 19.3. The van der Waals surface area contributed by atoms with E-state index in [9.17, 15) is 23.2 Å². The fourth-order valence-electron chi connectivity index (χ4n) is 2.83. The van der Waals surface area contributed by atoms with Crippen molar-refractivity contribution in [2.45, 2.75) is 19.1 Å². The van der Waals surface area contributed by atoms with Crippen LogP contribution in [0.25, 0.3) is 0 Å². The van der Waals surface area contributed by atoms with Gasteiger partial charge >= 0.3 is 12.6 Å². The van der Waals surface area contributed by atoms with Crippen molar-refractivity contribution in [2.24, 2.45) is 0 Å². The quantitative estimate of drug-likeness (QED) is 0.516. The number of carbonyl (C=O) groups excluding carboxylic acids is 3. The summed E-state index contributed by atoms with van der Waals surface area (Å²) in [5.74, 6) is -1.13. The smallest absolute Gasteiger partial charge is 0.387 e. The van der Waals surface area contributed by atoms with E-state index in [4.69, 9.17) is 0 Å². The molecule has 150 valence electrons. The Bertz CT molecular complexity index is 772. The van der Waals surface area contributed by atoms with Crippen LogP contribution in [0.1, 0.15) is 12.5 Å². The maximum Gasteiger partial charge on any atom is 0.387 e. The normalized spacial score (nSPS) is 18.8. The van der Waals surface area contributed by atoms with Gasteiger partial charge in [0.15, 0.2) is 0 Å². The SMILES string of the molecule is C=CCN(CC=C)C(=O)CN1C(=O)N[C@](C)(c2ccc(OC(F)F)cc2)C1=O. The van der Waals surface area contributed by atoms with Crippen LogP contribution in [0.5, 0.6) is 5.75 Å². The number of rotatable bonds is 9. The molecule has 0 bridgehead atoms. The maximum atomic E-state index is 12.9. The lowest BCUT2D eigenvalue weighted by molar-refractivity contribution is -0.138. The topological polar surface area (TPSA) is 79.0 Å². The first-order valence-electron chi connectivity index (χ1n) is 8.42. The van der Waals surface area contributed by atoms with Gasteiger partial charge in [0, 0.05) is 13.1 Å². The van der Waals surface area contributed by atoms with E-state index >= 15 is 0 Å². The van der Waals surface area contributed by atoms with Crippen LogP contribution in [0.3, 0.4) is 0 Å². The average Bonchev–Trinajstić information content (AvgIpc) is 2.85. The fourth-order valence-corrected chi connectivity index (χ4v) is 2.83. The van der Waals surface area contributed by atoms with Gasteiger partial charge in [-0.3, -0.25) is 14.5 Å². The van der Waals surface area contributed by atoms with Gasteiger partial charge in [-0.05, 0) is 24.6 Å². The van der Waals surface area contributed by atoms with Crippen LogP contribution < -0.4 is 10.1 Å². The monoisotopic (exact) mass is 393 g/mol. The number of carbonyl (C=O) groups is 3. The van der Waals surface area contributed by atoms with Gasteiger partial charge in [-0.2, -0.15) is 8.78 Å². The predicted octanol–water partition coefficient (Wildman–Crippen LogP) is 2.26. The molecule has 0 aromatic heterocycles. The number of amides is 4. The molecule has 4 amide bonds. The minimum atomic E-state index is -2.97. The summed E-state index contributed by atoms with van der Waals surface area (Å²) in [7, 11) is 0. The summed E-state index contributed by atoms with van der Waals surface area (Å²) >= 11 is 0. The zero-order valence-corrected chi connectivity index (χ0v) is 15.4. The van der Waals surface area contributed by atoms with E-state index < -0.39 is 36.5 Å². The summed E-state index contributed by atoms with van der Waals surface area (Å²) in [6, 6.07) is 4.64. The predicted molar refractivity (Wildman–Crippen MR) is 97.6 cm³/mol. The zero-order valence-electron chi connectivity index (χ0n) is 15.4. The second-order valence-corrected chi connectivity index (χ2v) is 6.23. The van der Waals surface area contributed by atoms with Gasteiger partial charge in [-0.15, -0.1) is 13.2 Å². The van der Waals surface area contributed by atoms with Gasteiger partial charge in [0.05, 0.1) is 0 Å². The molecule has 2 rings (SSSR count). The fraction of sp³-hybridized carbons (Fsp3) is 0.316. The lowest BCUT2D eigenvalue weighted by Crippen LogP contribution is -2.44. The van der Waals surface area contributed by atoms with E-state index in [0.29, 0.717) is 5.56 Å². The molecule has 0 spiro atoms. The summed E-state index contributed by atoms with van der Waals surface area (Å²) in [5, 5.41) is 2.55. The van der Waals surface area contributed by atoms with Crippen LogP contribution in [-0.2, 0) is 15.1 Å². The third-order valence-corrected chi connectivity index (χ3v) is 4.28. The zero-order chi connectivity index (χ0) is 20.9. The minimum Gasteiger partial charge on any atom is -0.435 e. The molecule has 0 saturated carbocycles. The molecule has 0 unspecified atom stereocenters. The Balaban J connectivity index is 2.18. The molecule has 1 N–H and O–H groups in total. The number of halogens is 2. The summed E-state index contributed by atoms with van der Waals surface area (Å²) in [6.45, 7) is 5.71. The maximum absolute atomic E-state index is 12.9. The van der Waals surface area contributed by atoms with E-state index in [0.717, 1.165) is 4.90 Å². The second kappa shape index (κ2) is 8.64. The van der Waals surface area contributed by atoms with Gasteiger partial charge in [-0.25, -0.2) is 4.79 Å². The minimum absolute atomic E-state index is 0.0735. The number of alkyl halides is 2. The first kappa shape index (κ1) is 21.1. The van der Waals surface area contributed by atoms with Crippen LogP contribution in [-0.4, -0.2) is 53.9 Å². The molecule has 7 nitrogen and oxygen atoms in total. The van der Waals surface area contributed by atoms with E-state index in [1.54, 1.807) is 0 Å². The molecule has 1 heterocycles. The average molecular weight is 393 g/mol. The largest absolute Gasteiger partial charge is 0.435 e. The molecule has 1 saturated heterocycles. The number of benzene rings is 1. The third-order valence-electron chi connectivity index (χ3n) is 4.28. The van der Waals surface area contributed by atoms with Crippen molar-refractivity contribution in [1.82, 2.24) is 15.1 Å². The molecule has 1 aliphatic rings. The standard InChI is InChI=1S/C19H21F2N3O4/c1-4-10-23(11-5-2)15(25)12-24-16(26)19(3,22-18(24)27)13-6-8-14(9-7-13)28-17(20)21/h4-9,17H,1-2,10-12H2,3H3,(H,22,27)/t19-/m1/s1. The van der Waals surface area contributed by atoms with Gasteiger partial charge in [-0.1, -0.05) is 24.3 Å². The van der Waals surface area contributed by atoms with E-state index in [-0.39, 0.29) is 18.8 Å². The number of imide groups is 1. The number of urea groups is 1. The van der Waals surface area contributed by atoms with E-state index in [1.165, 1.54) is 48.2 Å². The number of ether oxygens (including phenoxy) is 1. The lowest BCUT2D eigenvalue weighted by atomic mass is 9.92. The molecular weight excluding hydrogens is 372 g/mol. The molecule has 1 aromatic rings. The Hall–Kier alpha value is -3.23. The Kier molecular flexibility index (Phi) is 6.50. The molecule has 1 aromatic carbocycles. The number of hydrogen-bond acceptors (Lipinski definition) is 4. The Morgan fingerprint density at radius 3 is 2.32 bits per heavy atom. The van der Waals surface area contributed by atoms with Crippen molar-refractivity contribution < 1.29 is 27.9 Å². The van der Waals surface area contributed by atoms with Crippen LogP contribution in [0.2, 0.25) is 0 Å². The molecule has 1 atom stereocenters. The molecule has 0 aliphatic carbocycles. The highest BCUT2D eigenvalue weighted by Gasteiger charge is 2.49. The molecule has 1 aliphatic heterocycles. The van der Waals surface area contributed by atoms with Crippen molar-refractivity contribution in [3.63, 3.8) is 0 Å². The highest BCUT2D eigenvalue weighted by Crippen LogP contribution is 2.30. The van der Waals surface area contributed by atoms with Crippen molar-refractivity contribution in [1.29, 1.82) is 0 Å². The molecule has 1 fully saturated rings. The van der Waals surface area contributed by atoms with E-state index in [2.05, 4.69) is 23.2 Å². The highest BCUT2D eigenvalue weighted by molar-refractivity contribution is 6.09. The Labute approximate surface area is 161 Å². The first-order valence-corrected chi connectivity index (χ1v) is 8.42. The summed E-state index contributed by atoms with van der Waals surface area (Å²) in [6.07, 6.45) is 3.06. The van der Waals surface area contributed by atoms with Crippen LogP contribution in [0.15, 0.2) is 49.6 Å². The summed E-state index contributed by atoms with van der Waals surface area (Å²) < 4.78 is 28.8. The van der Waals surface area contributed by atoms with Crippen molar-refractivity contribution >= 4 is 17.8 Å². The van der Waals surface area contributed by atoms with E-state index in [1.807, 2.05) is 0 Å². The molecular formula is C19H21F2N3O4. The van der Waals surface area contributed by atoms with Gasteiger partial charge in [0.1, 0.15) is 17.8 Å². The second-order valence-electron chi connectivity index (χ2n) is 6.23. The number of hydrogen-bond donors (Lipinski definition) is 1.